The lowest BCUT2D eigenvalue weighted by atomic mass is 10.0. The van der Waals surface area contributed by atoms with E-state index in [9.17, 15) is 9.59 Å². The summed E-state index contributed by atoms with van der Waals surface area (Å²) in [7, 11) is 0. The van der Waals surface area contributed by atoms with Crippen molar-refractivity contribution in [2.75, 3.05) is 6.61 Å². The third-order valence-electron chi connectivity index (χ3n) is 2.31. The highest BCUT2D eigenvalue weighted by atomic mass is 32.1. The van der Waals surface area contributed by atoms with Gasteiger partial charge in [0.05, 0.1) is 0 Å². The second-order valence-electron chi connectivity index (χ2n) is 3.55. The number of carboxylic acid groups (broad SMARTS) is 1. The van der Waals surface area contributed by atoms with Crippen LogP contribution in [-0.4, -0.2) is 23.5 Å². The Bertz CT molecular complexity index is 399. The summed E-state index contributed by atoms with van der Waals surface area (Å²) >= 11 is 4.11. The highest BCUT2D eigenvalue weighted by Gasteiger charge is 2.24. The van der Waals surface area contributed by atoms with Gasteiger partial charge in [0.25, 0.3) is 0 Å². The zero-order chi connectivity index (χ0) is 12.8. The molecule has 0 heterocycles. The third-order valence-corrected chi connectivity index (χ3v) is 2.61. The van der Waals surface area contributed by atoms with Crippen LogP contribution in [0.1, 0.15) is 13.3 Å². The Kier molecular flexibility index (Phi) is 5.03. The van der Waals surface area contributed by atoms with Crippen LogP contribution in [0.15, 0.2) is 29.2 Å². The molecule has 0 aromatic heterocycles. The summed E-state index contributed by atoms with van der Waals surface area (Å²) in [4.78, 5) is 23.1. The van der Waals surface area contributed by atoms with E-state index in [4.69, 9.17) is 9.84 Å². The second-order valence-corrected chi connectivity index (χ2v) is 4.06. The number of rotatable bonds is 6. The minimum Gasteiger partial charge on any atom is -0.486 e. The minimum atomic E-state index is -1.10. The number of Topliss-reactive ketones (excluding diaryl/α,β-unsaturated/α-hetero) is 1. The molecule has 5 heteroatoms. The van der Waals surface area contributed by atoms with Crippen molar-refractivity contribution in [3.63, 3.8) is 0 Å². The van der Waals surface area contributed by atoms with Crippen molar-refractivity contribution in [3.05, 3.63) is 24.3 Å². The standard InChI is InChI=1S/C12H14O4S/c1-2-10(12(14)15)11(13)7-16-8-3-5-9(17)6-4-8/h3-6,10,17H,2,7H2,1H3,(H,14,15). The largest absolute Gasteiger partial charge is 0.486 e. The Balaban J connectivity index is 2.53. The number of benzene rings is 1. The first kappa shape index (κ1) is 13.6. The van der Waals surface area contributed by atoms with Gasteiger partial charge in [0.1, 0.15) is 18.3 Å². The molecule has 0 spiro atoms. The van der Waals surface area contributed by atoms with Crippen molar-refractivity contribution in [1.82, 2.24) is 0 Å². The molecule has 0 saturated carbocycles. The fourth-order valence-corrected chi connectivity index (χ4v) is 1.49. The molecule has 0 fully saturated rings. The summed E-state index contributed by atoms with van der Waals surface area (Å²) in [6.45, 7) is 1.43. The van der Waals surface area contributed by atoms with Crippen LogP contribution < -0.4 is 4.74 Å². The van der Waals surface area contributed by atoms with Gasteiger partial charge in [-0.1, -0.05) is 6.92 Å². The number of aliphatic carboxylic acids is 1. The number of carbonyl (C=O) groups excluding carboxylic acids is 1. The highest BCUT2D eigenvalue weighted by molar-refractivity contribution is 7.80. The van der Waals surface area contributed by atoms with Gasteiger partial charge in [-0.05, 0) is 30.7 Å². The van der Waals surface area contributed by atoms with E-state index in [1.807, 2.05) is 0 Å². The molecule has 1 unspecified atom stereocenters. The minimum absolute atomic E-state index is 0.225. The number of thiol groups is 1. The lowest BCUT2D eigenvalue weighted by Gasteiger charge is -2.10. The molecule has 1 aromatic carbocycles. The van der Waals surface area contributed by atoms with Crippen molar-refractivity contribution in [2.45, 2.75) is 18.2 Å². The average Bonchev–Trinajstić information content (AvgIpc) is 2.28. The van der Waals surface area contributed by atoms with Gasteiger partial charge in [0, 0.05) is 4.90 Å². The van der Waals surface area contributed by atoms with E-state index in [1.54, 1.807) is 31.2 Å². The van der Waals surface area contributed by atoms with Gasteiger partial charge < -0.3 is 9.84 Å². The Morgan fingerprint density at radius 3 is 2.41 bits per heavy atom. The van der Waals surface area contributed by atoms with E-state index in [1.165, 1.54) is 0 Å². The summed E-state index contributed by atoms with van der Waals surface area (Å²) in [5.41, 5.74) is 0. The predicted octanol–water partition coefficient (Wildman–Crippen LogP) is 2.03. The zero-order valence-corrected chi connectivity index (χ0v) is 10.3. The molecule has 0 bridgehead atoms. The number of hydrogen-bond donors (Lipinski definition) is 2. The van der Waals surface area contributed by atoms with Crippen LogP contribution >= 0.6 is 12.6 Å². The number of carboxylic acids is 1. The Hall–Kier alpha value is -1.49. The lowest BCUT2D eigenvalue weighted by Crippen LogP contribution is -2.27. The van der Waals surface area contributed by atoms with Crippen molar-refractivity contribution >= 4 is 24.4 Å². The van der Waals surface area contributed by atoms with E-state index in [-0.39, 0.29) is 13.0 Å². The summed E-state index contributed by atoms with van der Waals surface area (Å²) in [6, 6.07) is 6.82. The van der Waals surface area contributed by atoms with Crippen LogP contribution in [0.4, 0.5) is 0 Å². The molecular formula is C12H14O4S. The summed E-state index contributed by atoms with van der Waals surface area (Å²) in [5.74, 6) is -1.99. The maximum Gasteiger partial charge on any atom is 0.314 e. The van der Waals surface area contributed by atoms with E-state index >= 15 is 0 Å². The van der Waals surface area contributed by atoms with Crippen molar-refractivity contribution in [3.8, 4) is 5.75 Å². The monoisotopic (exact) mass is 254 g/mol. The van der Waals surface area contributed by atoms with Crippen LogP contribution in [0.2, 0.25) is 0 Å². The van der Waals surface area contributed by atoms with Gasteiger partial charge in [-0.15, -0.1) is 12.6 Å². The van der Waals surface area contributed by atoms with Crippen LogP contribution in [0.5, 0.6) is 5.75 Å². The molecule has 1 N–H and O–H groups in total. The molecule has 0 aliphatic rings. The Morgan fingerprint density at radius 2 is 1.94 bits per heavy atom. The van der Waals surface area contributed by atoms with Gasteiger partial charge in [-0.25, -0.2) is 0 Å². The molecule has 0 amide bonds. The number of ether oxygens (including phenoxy) is 1. The number of hydrogen-bond acceptors (Lipinski definition) is 4. The predicted molar refractivity (Wildman–Crippen MR) is 65.6 cm³/mol. The lowest BCUT2D eigenvalue weighted by molar-refractivity contribution is -0.147. The van der Waals surface area contributed by atoms with E-state index in [0.717, 1.165) is 4.90 Å². The van der Waals surface area contributed by atoms with Crippen molar-refractivity contribution in [1.29, 1.82) is 0 Å². The highest BCUT2D eigenvalue weighted by Crippen LogP contribution is 2.15. The van der Waals surface area contributed by atoms with Crippen molar-refractivity contribution in [2.24, 2.45) is 5.92 Å². The quantitative estimate of drug-likeness (QED) is 0.602. The molecule has 0 saturated heterocycles. The molecule has 1 atom stereocenters. The second kappa shape index (κ2) is 6.30. The maximum atomic E-state index is 11.5. The number of carbonyl (C=O) groups is 2. The molecule has 0 aliphatic carbocycles. The van der Waals surface area contributed by atoms with E-state index in [0.29, 0.717) is 5.75 Å². The van der Waals surface area contributed by atoms with Gasteiger partial charge in [-0.2, -0.15) is 0 Å². The SMILES string of the molecule is CCC(C(=O)O)C(=O)COc1ccc(S)cc1. The Labute approximate surface area is 105 Å². The summed E-state index contributed by atoms with van der Waals surface area (Å²) in [6.07, 6.45) is 0.271. The molecular weight excluding hydrogens is 240 g/mol. The molecule has 92 valence electrons. The van der Waals surface area contributed by atoms with Gasteiger partial charge in [-0.3, -0.25) is 9.59 Å². The fourth-order valence-electron chi connectivity index (χ4n) is 1.34. The molecule has 0 radical (unpaired) electrons. The van der Waals surface area contributed by atoms with Crippen LogP contribution in [0, 0.1) is 5.92 Å². The van der Waals surface area contributed by atoms with E-state index < -0.39 is 17.7 Å². The number of ketones is 1. The van der Waals surface area contributed by atoms with Gasteiger partial charge in [0.15, 0.2) is 5.78 Å². The summed E-state index contributed by atoms with van der Waals surface area (Å²) in [5, 5.41) is 8.79. The fraction of sp³-hybridized carbons (Fsp3) is 0.333. The van der Waals surface area contributed by atoms with Gasteiger partial charge in [0.2, 0.25) is 0 Å². The topological polar surface area (TPSA) is 63.6 Å². The smallest absolute Gasteiger partial charge is 0.314 e. The summed E-state index contributed by atoms with van der Waals surface area (Å²) < 4.78 is 5.21. The van der Waals surface area contributed by atoms with E-state index in [2.05, 4.69) is 12.6 Å². The average molecular weight is 254 g/mol. The van der Waals surface area contributed by atoms with Crippen molar-refractivity contribution < 1.29 is 19.4 Å². The molecule has 0 aliphatic heterocycles. The molecule has 4 nitrogen and oxygen atoms in total. The molecule has 1 aromatic rings. The first-order valence-corrected chi connectivity index (χ1v) is 5.66. The normalized spacial score (nSPS) is 11.9. The van der Waals surface area contributed by atoms with Crippen LogP contribution in [0.3, 0.4) is 0 Å². The Morgan fingerprint density at radius 1 is 1.35 bits per heavy atom. The first-order chi connectivity index (χ1) is 8.04. The van der Waals surface area contributed by atoms with Crippen LogP contribution in [0.25, 0.3) is 0 Å². The van der Waals surface area contributed by atoms with Crippen LogP contribution in [-0.2, 0) is 9.59 Å². The van der Waals surface area contributed by atoms with Gasteiger partial charge >= 0.3 is 5.97 Å². The first-order valence-electron chi connectivity index (χ1n) is 5.22. The zero-order valence-electron chi connectivity index (χ0n) is 9.42. The molecule has 17 heavy (non-hydrogen) atoms. The third kappa shape index (κ3) is 4.11. The maximum absolute atomic E-state index is 11.5. The molecule has 1 rings (SSSR count).